The number of benzene rings is 1. The van der Waals surface area contributed by atoms with E-state index >= 15 is 0 Å². The third-order valence-electron chi connectivity index (χ3n) is 2.61. The Balaban J connectivity index is 2.38. The molecule has 0 spiro atoms. The van der Waals surface area contributed by atoms with Crippen LogP contribution in [0.5, 0.6) is 0 Å². The van der Waals surface area contributed by atoms with Gasteiger partial charge in [0.15, 0.2) is 0 Å². The van der Waals surface area contributed by atoms with Gasteiger partial charge < -0.3 is 5.32 Å². The van der Waals surface area contributed by atoms with Gasteiger partial charge in [-0.25, -0.2) is 8.42 Å². The zero-order chi connectivity index (χ0) is 15.8. The second-order valence-electron chi connectivity index (χ2n) is 4.06. The molecule has 0 fully saturated rings. The molecule has 0 bridgehead atoms. The molecule has 0 aliphatic heterocycles. The van der Waals surface area contributed by atoms with Gasteiger partial charge in [0.05, 0.1) is 32.4 Å². The van der Waals surface area contributed by atoms with Gasteiger partial charge in [0.1, 0.15) is 0 Å². The second kappa shape index (κ2) is 5.84. The van der Waals surface area contributed by atoms with E-state index in [0.29, 0.717) is 11.3 Å². The number of hydrogen-bond acceptors (Lipinski definition) is 4. The standard InChI is InChI=1S/C11H8Cl3N3O3S/c1-5-7(4-15-17-5)11(18)16-10-8(12)2-6(3-9(10)13)21(14,19)20/h2-4H,1H3,(H,15,17)(H,16,18). The quantitative estimate of drug-likeness (QED) is 0.814. The first kappa shape index (κ1) is 16.1. The van der Waals surface area contributed by atoms with Crippen molar-refractivity contribution in [2.24, 2.45) is 0 Å². The Morgan fingerprint density at radius 1 is 1.29 bits per heavy atom. The van der Waals surface area contributed by atoms with Gasteiger partial charge in [-0.1, -0.05) is 23.2 Å². The highest BCUT2D eigenvalue weighted by molar-refractivity contribution is 8.13. The lowest BCUT2D eigenvalue weighted by molar-refractivity contribution is 0.102. The van der Waals surface area contributed by atoms with Crippen molar-refractivity contribution < 1.29 is 13.2 Å². The van der Waals surface area contributed by atoms with Crippen molar-refractivity contribution >= 4 is 54.5 Å². The number of carbonyl (C=O) groups is 1. The van der Waals surface area contributed by atoms with Crippen molar-refractivity contribution in [2.75, 3.05) is 5.32 Å². The molecular weight excluding hydrogens is 361 g/mol. The van der Waals surface area contributed by atoms with Crippen LogP contribution in [0.3, 0.4) is 0 Å². The molecule has 1 amide bonds. The SMILES string of the molecule is Cc1[nH]ncc1C(=O)Nc1c(Cl)cc(S(=O)(=O)Cl)cc1Cl. The Bertz CT molecular complexity index is 794. The lowest BCUT2D eigenvalue weighted by Gasteiger charge is -2.10. The van der Waals surface area contributed by atoms with E-state index in [1.54, 1.807) is 6.92 Å². The molecule has 1 aromatic heterocycles. The lowest BCUT2D eigenvalue weighted by Crippen LogP contribution is -2.13. The van der Waals surface area contributed by atoms with Gasteiger partial charge >= 0.3 is 0 Å². The van der Waals surface area contributed by atoms with Crippen molar-refractivity contribution in [3.05, 3.63) is 39.6 Å². The number of aromatic nitrogens is 2. The molecule has 0 radical (unpaired) electrons. The van der Waals surface area contributed by atoms with Crippen LogP contribution in [-0.2, 0) is 9.05 Å². The minimum Gasteiger partial charge on any atom is -0.319 e. The van der Waals surface area contributed by atoms with E-state index in [-0.39, 0.29) is 20.6 Å². The summed E-state index contributed by atoms with van der Waals surface area (Å²) in [5.41, 5.74) is 0.976. The van der Waals surface area contributed by atoms with E-state index in [9.17, 15) is 13.2 Å². The van der Waals surface area contributed by atoms with Crippen molar-refractivity contribution in [2.45, 2.75) is 11.8 Å². The Kier molecular flexibility index (Phi) is 4.48. The van der Waals surface area contributed by atoms with Gasteiger partial charge in [0.2, 0.25) is 0 Å². The first-order valence-electron chi connectivity index (χ1n) is 5.45. The predicted octanol–water partition coefficient (Wildman–Crippen LogP) is 3.20. The number of carbonyl (C=O) groups excluding carboxylic acids is 1. The smallest absolute Gasteiger partial charge is 0.261 e. The second-order valence-corrected chi connectivity index (χ2v) is 7.44. The van der Waals surface area contributed by atoms with Gasteiger partial charge in [-0.3, -0.25) is 9.89 Å². The van der Waals surface area contributed by atoms with Crippen molar-refractivity contribution in [3.8, 4) is 0 Å². The highest BCUT2D eigenvalue weighted by Crippen LogP contribution is 2.34. The maximum Gasteiger partial charge on any atom is 0.261 e. The minimum absolute atomic E-state index is 0.0452. The summed E-state index contributed by atoms with van der Waals surface area (Å²) < 4.78 is 22.5. The number of nitrogens with one attached hydrogen (secondary N) is 2. The molecule has 2 N–H and O–H groups in total. The number of halogens is 3. The zero-order valence-corrected chi connectivity index (χ0v) is 13.5. The summed E-state index contributed by atoms with van der Waals surface area (Å²) in [5.74, 6) is -0.480. The van der Waals surface area contributed by atoms with Crippen LogP contribution in [0.25, 0.3) is 0 Å². The first-order chi connectivity index (χ1) is 9.70. The average Bonchev–Trinajstić information content (AvgIpc) is 2.78. The summed E-state index contributed by atoms with van der Waals surface area (Å²) in [6.45, 7) is 1.67. The Morgan fingerprint density at radius 3 is 2.29 bits per heavy atom. The molecule has 10 heteroatoms. The molecule has 0 aliphatic rings. The molecule has 0 aliphatic carbocycles. The predicted molar refractivity (Wildman–Crippen MR) is 80.8 cm³/mol. The maximum absolute atomic E-state index is 12.0. The number of aromatic amines is 1. The van der Waals surface area contributed by atoms with E-state index < -0.39 is 15.0 Å². The highest BCUT2D eigenvalue weighted by atomic mass is 35.7. The normalized spacial score (nSPS) is 11.4. The molecule has 21 heavy (non-hydrogen) atoms. The van der Waals surface area contributed by atoms with Crippen LogP contribution >= 0.6 is 33.9 Å². The van der Waals surface area contributed by atoms with Crippen LogP contribution in [0.2, 0.25) is 10.0 Å². The van der Waals surface area contributed by atoms with E-state index in [0.717, 1.165) is 12.1 Å². The number of anilines is 1. The van der Waals surface area contributed by atoms with Crippen LogP contribution in [0, 0.1) is 6.92 Å². The van der Waals surface area contributed by atoms with Gasteiger partial charge in [-0.15, -0.1) is 0 Å². The van der Waals surface area contributed by atoms with Crippen LogP contribution in [-0.4, -0.2) is 24.5 Å². The minimum atomic E-state index is -3.97. The van der Waals surface area contributed by atoms with Gasteiger partial charge in [-0.05, 0) is 19.1 Å². The molecule has 112 valence electrons. The summed E-state index contributed by atoms with van der Waals surface area (Å²) in [6.07, 6.45) is 1.35. The Labute approximate surface area is 134 Å². The number of rotatable bonds is 3. The molecular formula is C11H8Cl3N3O3S. The fraction of sp³-hybridized carbons (Fsp3) is 0.0909. The summed E-state index contributed by atoms with van der Waals surface area (Å²) in [6, 6.07) is 2.21. The molecule has 2 aromatic rings. The fourth-order valence-electron chi connectivity index (χ4n) is 1.57. The van der Waals surface area contributed by atoms with E-state index in [1.807, 2.05) is 0 Å². The number of hydrogen-bond donors (Lipinski definition) is 2. The number of amides is 1. The summed E-state index contributed by atoms with van der Waals surface area (Å²) in [4.78, 5) is 11.8. The maximum atomic E-state index is 12.0. The fourth-order valence-corrected chi connectivity index (χ4v) is 3.07. The molecule has 0 saturated heterocycles. The molecule has 6 nitrogen and oxygen atoms in total. The van der Waals surface area contributed by atoms with Crippen molar-refractivity contribution in [1.82, 2.24) is 10.2 Å². The van der Waals surface area contributed by atoms with Gasteiger partial charge in [0, 0.05) is 16.4 Å². The number of H-pyrrole nitrogens is 1. The Morgan fingerprint density at radius 2 is 1.86 bits per heavy atom. The molecule has 2 rings (SSSR count). The summed E-state index contributed by atoms with van der Waals surface area (Å²) >= 11 is 11.9. The molecule has 1 aromatic carbocycles. The monoisotopic (exact) mass is 367 g/mol. The van der Waals surface area contributed by atoms with E-state index in [1.165, 1.54) is 6.20 Å². The number of nitrogens with zero attached hydrogens (tertiary/aromatic N) is 1. The topological polar surface area (TPSA) is 91.9 Å². The van der Waals surface area contributed by atoms with Gasteiger partial charge in [0.25, 0.3) is 15.0 Å². The van der Waals surface area contributed by atoms with Crippen molar-refractivity contribution in [1.29, 1.82) is 0 Å². The summed E-state index contributed by atoms with van der Waals surface area (Å²) in [5, 5.41) is 8.76. The largest absolute Gasteiger partial charge is 0.319 e. The first-order valence-corrected chi connectivity index (χ1v) is 8.51. The molecule has 1 heterocycles. The summed E-state index contributed by atoms with van der Waals surface area (Å²) in [7, 11) is 1.25. The third-order valence-corrected chi connectivity index (χ3v) is 4.54. The molecule has 0 atom stereocenters. The van der Waals surface area contributed by atoms with Crippen molar-refractivity contribution in [3.63, 3.8) is 0 Å². The average molecular weight is 369 g/mol. The lowest BCUT2D eigenvalue weighted by atomic mass is 10.2. The van der Waals surface area contributed by atoms with Gasteiger partial charge in [-0.2, -0.15) is 5.10 Å². The molecule has 0 saturated carbocycles. The zero-order valence-electron chi connectivity index (χ0n) is 10.4. The van der Waals surface area contributed by atoms with E-state index in [4.69, 9.17) is 33.9 Å². The van der Waals surface area contributed by atoms with Crippen LogP contribution < -0.4 is 5.32 Å². The van der Waals surface area contributed by atoms with Crippen LogP contribution in [0.4, 0.5) is 5.69 Å². The Hall–Kier alpha value is -1.28. The van der Waals surface area contributed by atoms with Crippen LogP contribution in [0.15, 0.2) is 23.2 Å². The van der Waals surface area contributed by atoms with E-state index in [2.05, 4.69) is 15.5 Å². The highest BCUT2D eigenvalue weighted by Gasteiger charge is 2.19. The number of aryl methyl sites for hydroxylation is 1. The molecule has 0 unspecified atom stereocenters. The van der Waals surface area contributed by atoms with Crippen LogP contribution in [0.1, 0.15) is 16.1 Å². The third kappa shape index (κ3) is 3.49.